The molecule has 0 aliphatic rings. The second-order valence-corrected chi connectivity index (χ2v) is 10.1. The van der Waals surface area contributed by atoms with Crippen molar-refractivity contribution in [3.8, 4) is 22.4 Å². The number of aryl methyl sites for hydroxylation is 2. The molecular formula is C35H32ClN2O-. The molecule has 0 saturated heterocycles. The Morgan fingerprint density at radius 2 is 1.38 bits per heavy atom. The van der Waals surface area contributed by atoms with Crippen molar-refractivity contribution in [3.63, 3.8) is 0 Å². The van der Waals surface area contributed by atoms with Gasteiger partial charge in [-0.25, -0.2) is 0 Å². The minimum atomic E-state index is -0.587. The standard InChI is InChI=1S/C35H32N2O.ClH/c1-24-17-20-32(25(2)21-24)36-22-29(38)23-37-34(28-14-7-4-8-15-28)33(27-12-5-3-6-13-27)31-19-18-26-11-9-10-16-30(26)35(31)37;/h3-21,29,36,38H,22-23H2,1-2H3;1H/p-1. The number of aliphatic hydroxyl groups excluding tert-OH is 1. The Labute approximate surface area is 236 Å². The van der Waals surface area contributed by atoms with Crippen molar-refractivity contribution >= 4 is 27.4 Å². The Hall–Kier alpha value is -4.05. The van der Waals surface area contributed by atoms with E-state index in [2.05, 4.69) is 139 Å². The Morgan fingerprint density at radius 1 is 0.718 bits per heavy atom. The molecular weight excluding hydrogens is 500 g/mol. The van der Waals surface area contributed by atoms with Crippen LogP contribution >= 0.6 is 0 Å². The van der Waals surface area contributed by atoms with Gasteiger partial charge in [0.05, 0.1) is 23.9 Å². The van der Waals surface area contributed by atoms with Gasteiger partial charge in [0, 0.05) is 28.6 Å². The van der Waals surface area contributed by atoms with Gasteiger partial charge in [-0.05, 0) is 42.0 Å². The molecule has 3 nitrogen and oxygen atoms in total. The minimum Gasteiger partial charge on any atom is -1.00 e. The number of nitrogens with one attached hydrogen (secondary N) is 1. The van der Waals surface area contributed by atoms with Gasteiger partial charge in [-0.3, -0.25) is 0 Å². The van der Waals surface area contributed by atoms with Gasteiger partial charge in [-0.1, -0.05) is 115 Å². The van der Waals surface area contributed by atoms with E-state index in [9.17, 15) is 5.11 Å². The lowest BCUT2D eigenvalue weighted by Gasteiger charge is -2.19. The predicted molar refractivity (Wildman–Crippen MR) is 161 cm³/mol. The summed E-state index contributed by atoms with van der Waals surface area (Å²) < 4.78 is 2.34. The fourth-order valence-corrected chi connectivity index (χ4v) is 5.61. The summed E-state index contributed by atoms with van der Waals surface area (Å²) in [5, 5.41) is 18.5. The van der Waals surface area contributed by atoms with Crippen LogP contribution in [0.1, 0.15) is 11.1 Å². The van der Waals surface area contributed by atoms with Crippen molar-refractivity contribution in [3.05, 3.63) is 126 Å². The highest BCUT2D eigenvalue weighted by molar-refractivity contribution is 6.15. The molecule has 0 amide bonds. The normalized spacial score (nSPS) is 11.9. The third kappa shape index (κ3) is 5.16. The molecule has 6 aromatic rings. The molecule has 196 valence electrons. The zero-order valence-corrected chi connectivity index (χ0v) is 23.0. The monoisotopic (exact) mass is 531 g/mol. The van der Waals surface area contributed by atoms with Crippen molar-refractivity contribution in [1.29, 1.82) is 0 Å². The van der Waals surface area contributed by atoms with Crippen molar-refractivity contribution < 1.29 is 17.5 Å². The number of aromatic nitrogens is 1. The maximum Gasteiger partial charge on any atom is 0.0891 e. The van der Waals surface area contributed by atoms with Gasteiger partial charge in [0.15, 0.2) is 0 Å². The average Bonchev–Trinajstić information content (AvgIpc) is 3.28. The van der Waals surface area contributed by atoms with E-state index in [1.165, 1.54) is 38.4 Å². The molecule has 39 heavy (non-hydrogen) atoms. The fourth-order valence-electron chi connectivity index (χ4n) is 5.61. The summed E-state index contributed by atoms with van der Waals surface area (Å²) in [5.41, 5.74) is 9.29. The first kappa shape index (κ1) is 26.6. The second-order valence-electron chi connectivity index (χ2n) is 10.1. The lowest BCUT2D eigenvalue weighted by molar-refractivity contribution is -0.00000948. The van der Waals surface area contributed by atoms with Crippen molar-refractivity contribution in [1.82, 2.24) is 4.57 Å². The van der Waals surface area contributed by atoms with Crippen molar-refractivity contribution in [2.75, 3.05) is 11.9 Å². The Kier molecular flexibility index (Phi) is 7.74. The smallest absolute Gasteiger partial charge is 0.0891 e. The summed E-state index contributed by atoms with van der Waals surface area (Å²) in [6.07, 6.45) is -0.587. The first-order chi connectivity index (χ1) is 18.6. The van der Waals surface area contributed by atoms with Crippen LogP contribution in [0.25, 0.3) is 44.1 Å². The molecule has 0 aliphatic heterocycles. The summed E-state index contributed by atoms with van der Waals surface area (Å²) in [5.74, 6) is 0. The van der Waals surface area contributed by atoms with Crippen LogP contribution in [-0.2, 0) is 6.54 Å². The molecule has 1 aromatic heterocycles. The van der Waals surface area contributed by atoms with E-state index in [0.29, 0.717) is 13.1 Å². The first-order valence-electron chi connectivity index (χ1n) is 13.2. The van der Waals surface area contributed by atoms with E-state index in [4.69, 9.17) is 0 Å². The SMILES string of the molecule is Cc1ccc(NCC(O)Cn2c(-c3ccccc3)c(-c3ccccc3)c3ccc4ccccc4c32)c(C)c1.[Cl-]. The van der Waals surface area contributed by atoms with Crippen LogP contribution in [-0.4, -0.2) is 22.3 Å². The summed E-state index contributed by atoms with van der Waals surface area (Å²) in [6.45, 7) is 5.14. The molecule has 1 atom stereocenters. The van der Waals surface area contributed by atoms with Crippen molar-refractivity contribution in [2.24, 2.45) is 0 Å². The highest BCUT2D eigenvalue weighted by Crippen LogP contribution is 2.43. The summed E-state index contributed by atoms with van der Waals surface area (Å²) in [6, 6.07) is 40.5. The molecule has 6 rings (SSSR count). The first-order valence-corrected chi connectivity index (χ1v) is 13.2. The molecule has 0 saturated carbocycles. The number of rotatable bonds is 7. The number of aliphatic hydroxyl groups is 1. The maximum atomic E-state index is 11.4. The molecule has 0 fully saturated rings. The third-order valence-corrected chi connectivity index (χ3v) is 7.36. The Bertz CT molecular complexity index is 1720. The molecule has 4 heteroatoms. The van der Waals surface area contributed by atoms with Crippen LogP contribution in [0.4, 0.5) is 5.69 Å². The summed E-state index contributed by atoms with van der Waals surface area (Å²) in [7, 11) is 0. The Morgan fingerprint density at radius 3 is 2.10 bits per heavy atom. The number of fused-ring (bicyclic) bond motifs is 3. The van der Waals surface area contributed by atoms with E-state index in [1.54, 1.807) is 0 Å². The van der Waals surface area contributed by atoms with Gasteiger partial charge in [-0.15, -0.1) is 0 Å². The number of hydrogen-bond acceptors (Lipinski definition) is 2. The Balaban J connectivity index is 0.00000308. The number of hydrogen-bond donors (Lipinski definition) is 2. The van der Waals surface area contributed by atoms with E-state index >= 15 is 0 Å². The lowest BCUT2D eigenvalue weighted by atomic mass is 9.97. The van der Waals surface area contributed by atoms with Crippen LogP contribution in [0.5, 0.6) is 0 Å². The third-order valence-electron chi connectivity index (χ3n) is 7.36. The van der Waals surface area contributed by atoms with Crippen LogP contribution in [0, 0.1) is 13.8 Å². The highest BCUT2D eigenvalue weighted by atomic mass is 35.5. The van der Waals surface area contributed by atoms with Gasteiger partial charge < -0.3 is 27.4 Å². The molecule has 5 aromatic carbocycles. The summed E-state index contributed by atoms with van der Waals surface area (Å²) in [4.78, 5) is 0. The number of nitrogens with zero attached hydrogens (tertiary/aromatic N) is 1. The molecule has 1 unspecified atom stereocenters. The molecule has 0 radical (unpaired) electrons. The summed E-state index contributed by atoms with van der Waals surface area (Å²) >= 11 is 0. The minimum absolute atomic E-state index is 0. The maximum absolute atomic E-state index is 11.4. The van der Waals surface area contributed by atoms with Gasteiger partial charge >= 0.3 is 0 Å². The van der Waals surface area contributed by atoms with Crippen molar-refractivity contribution in [2.45, 2.75) is 26.5 Å². The van der Waals surface area contributed by atoms with Gasteiger partial charge in [-0.2, -0.15) is 0 Å². The zero-order valence-electron chi connectivity index (χ0n) is 22.2. The molecule has 0 spiro atoms. The number of anilines is 1. The van der Waals surface area contributed by atoms with Crippen LogP contribution in [0.3, 0.4) is 0 Å². The van der Waals surface area contributed by atoms with Gasteiger partial charge in [0.1, 0.15) is 0 Å². The highest BCUT2D eigenvalue weighted by Gasteiger charge is 2.23. The van der Waals surface area contributed by atoms with E-state index in [0.717, 1.165) is 22.5 Å². The lowest BCUT2D eigenvalue weighted by Crippen LogP contribution is -3.00. The molecule has 2 N–H and O–H groups in total. The fraction of sp³-hybridized carbons (Fsp3) is 0.143. The molecule has 0 bridgehead atoms. The second kappa shape index (κ2) is 11.4. The zero-order chi connectivity index (χ0) is 26.1. The van der Waals surface area contributed by atoms with Crippen LogP contribution in [0.2, 0.25) is 0 Å². The molecule has 0 aliphatic carbocycles. The largest absolute Gasteiger partial charge is 1.00 e. The number of benzene rings is 5. The topological polar surface area (TPSA) is 37.2 Å². The molecule has 1 heterocycles. The average molecular weight is 532 g/mol. The van der Waals surface area contributed by atoms with Gasteiger partial charge in [0.2, 0.25) is 0 Å². The van der Waals surface area contributed by atoms with Crippen LogP contribution in [0.15, 0.2) is 115 Å². The quantitative estimate of drug-likeness (QED) is 0.296. The van der Waals surface area contributed by atoms with E-state index < -0.39 is 6.10 Å². The van der Waals surface area contributed by atoms with E-state index in [-0.39, 0.29) is 12.4 Å². The van der Waals surface area contributed by atoms with Gasteiger partial charge in [0.25, 0.3) is 0 Å². The number of halogens is 1. The predicted octanol–water partition coefficient (Wildman–Crippen LogP) is 5.22. The van der Waals surface area contributed by atoms with E-state index in [1.807, 2.05) is 0 Å². The van der Waals surface area contributed by atoms with Crippen LogP contribution < -0.4 is 17.7 Å².